The topological polar surface area (TPSA) is 73.8 Å². The molecular weight excluding hydrogens is 487 g/mol. The van der Waals surface area contributed by atoms with Crippen LogP contribution in [0.25, 0.3) is 10.2 Å². The van der Waals surface area contributed by atoms with Crippen LogP contribution >= 0.6 is 11.3 Å². The maximum atomic E-state index is 13.7. The maximum absolute atomic E-state index is 13.7. The summed E-state index contributed by atoms with van der Waals surface area (Å²) in [5, 5.41) is 0.480. The van der Waals surface area contributed by atoms with Gasteiger partial charge < -0.3 is 4.90 Å². The van der Waals surface area contributed by atoms with Gasteiger partial charge in [0.15, 0.2) is 5.13 Å². The summed E-state index contributed by atoms with van der Waals surface area (Å²) in [6.07, 6.45) is 3.56. The lowest BCUT2D eigenvalue weighted by Crippen LogP contribution is -2.43. The van der Waals surface area contributed by atoms with Gasteiger partial charge in [-0.15, -0.1) is 0 Å². The first kappa shape index (κ1) is 25.7. The summed E-state index contributed by atoms with van der Waals surface area (Å²) < 4.78 is 42.5. The number of rotatable bonds is 8. The Hall–Kier alpha value is -2.40. The van der Waals surface area contributed by atoms with Gasteiger partial charge in [0.2, 0.25) is 10.0 Å². The summed E-state index contributed by atoms with van der Waals surface area (Å²) in [5.41, 5.74) is 1.00. The molecule has 0 aliphatic carbocycles. The predicted octanol–water partition coefficient (Wildman–Crippen LogP) is 4.60. The SMILES string of the molecule is CCC1CCCCN1S(=O)(=O)c1ccc(C(=O)N(CCN(C)C)c2nc3ccc(F)cc3s2)cc1. The molecule has 1 aliphatic rings. The highest BCUT2D eigenvalue weighted by molar-refractivity contribution is 7.89. The smallest absolute Gasteiger partial charge is 0.260 e. The molecular formula is C25H31FN4O3S2. The van der Waals surface area contributed by atoms with Gasteiger partial charge >= 0.3 is 0 Å². The van der Waals surface area contributed by atoms with Crippen LogP contribution in [0.3, 0.4) is 0 Å². The van der Waals surface area contributed by atoms with Gasteiger partial charge in [-0.1, -0.05) is 24.7 Å². The molecule has 0 radical (unpaired) electrons. The van der Waals surface area contributed by atoms with Gasteiger partial charge in [-0.2, -0.15) is 4.31 Å². The van der Waals surface area contributed by atoms with E-state index in [1.165, 1.54) is 35.6 Å². The lowest BCUT2D eigenvalue weighted by Gasteiger charge is -2.34. The number of benzene rings is 2. The number of piperidine rings is 1. The number of anilines is 1. The molecule has 1 saturated heterocycles. The van der Waals surface area contributed by atoms with Crippen molar-refractivity contribution in [2.45, 2.75) is 43.5 Å². The van der Waals surface area contributed by atoms with E-state index < -0.39 is 10.0 Å². The number of carbonyl (C=O) groups excluding carboxylic acids is 1. The van der Waals surface area contributed by atoms with E-state index in [9.17, 15) is 17.6 Å². The number of amides is 1. The van der Waals surface area contributed by atoms with E-state index in [4.69, 9.17) is 0 Å². The van der Waals surface area contributed by atoms with Crippen molar-refractivity contribution in [2.75, 3.05) is 38.6 Å². The zero-order chi connectivity index (χ0) is 25.2. The Kier molecular flexibility index (Phi) is 7.85. The largest absolute Gasteiger partial charge is 0.308 e. The average molecular weight is 519 g/mol. The Morgan fingerprint density at radius 2 is 1.89 bits per heavy atom. The maximum Gasteiger partial charge on any atom is 0.260 e. The minimum absolute atomic E-state index is 0.0143. The molecule has 3 aromatic rings. The first-order valence-electron chi connectivity index (χ1n) is 11.9. The summed E-state index contributed by atoms with van der Waals surface area (Å²) in [6.45, 7) is 3.53. The van der Waals surface area contributed by atoms with Crippen LogP contribution in [0.15, 0.2) is 47.4 Å². The fourth-order valence-corrected chi connectivity index (χ4v) is 7.13. The minimum Gasteiger partial charge on any atom is -0.308 e. The standard InChI is InChI=1S/C25H31FN4O3S2/c1-4-20-7-5-6-14-30(20)35(32,33)21-11-8-18(9-12-21)24(31)29(16-15-28(2)3)25-27-22-13-10-19(26)17-23(22)34-25/h8-13,17,20H,4-7,14-16H2,1-3H3. The van der Waals surface area contributed by atoms with Crippen molar-refractivity contribution < 1.29 is 17.6 Å². The number of nitrogens with zero attached hydrogens (tertiary/aromatic N) is 4. The van der Waals surface area contributed by atoms with Crippen LogP contribution in [0, 0.1) is 5.82 Å². The molecule has 0 bridgehead atoms. The lowest BCUT2D eigenvalue weighted by molar-refractivity contribution is 0.0985. The van der Waals surface area contributed by atoms with E-state index in [0.717, 1.165) is 25.7 Å². The van der Waals surface area contributed by atoms with Gasteiger partial charge in [-0.25, -0.2) is 17.8 Å². The predicted molar refractivity (Wildman–Crippen MR) is 138 cm³/mol. The minimum atomic E-state index is -3.63. The highest BCUT2D eigenvalue weighted by Crippen LogP contribution is 2.31. The molecule has 0 spiro atoms. The molecule has 1 aromatic heterocycles. The molecule has 2 heterocycles. The third-order valence-electron chi connectivity index (χ3n) is 6.34. The van der Waals surface area contributed by atoms with E-state index in [0.29, 0.717) is 40.5 Å². The Morgan fingerprint density at radius 1 is 1.14 bits per heavy atom. The van der Waals surface area contributed by atoms with Crippen LogP contribution in [0.1, 0.15) is 43.0 Å². The second-order valence-electron chi connectivity index (χ2n) is 9.07. The third kappa shape index (κ3) is 5.55. The quantitative estimate of drug-likeness (QED) is 0.436. The van der Waals surface area contributed by atoms with Crippen LogP contribution in [0.4, 0.5) is 9.52 Å². The summed E-state index contributed by atoms with van der Waals surface area (Å²) >= 11 is 1.26. The zero-order valence-electron chi connectivity index (χ0n) is 20.3. The second kappa shape index (κ2) is 10.7. The van der Waals surface area contributed by atoms with E-state index in [2.05, 4.69) is 4.98 Å². The number of fused-ring (bicyclic) bond motifs is 1. The Morgan fingerprint density at radius 3 is 2.57 bits per heavy atom. The number of halogens is 1. The van der Waals surface area contributed by atoms with E-state index in [1.54, 1.807) is 27.4 Å². The zero-order valence-corrected chi connectivity index (χ0v) is 21.9. The van der Waals surface area contributed by atoms with Crippen molar-refractivity contribution in [1.29, 1.82) is 0 Å². The molecule has 10 heteroatoms. The number of hydrogen-bond acceptors (Lipinski definition) is 6. The van der Waals surface area contributed by atoms with Gasteiger partial charge in [-0.3, -0.25) is 9.69 Å². The normalized spacial score (nSPS) is 17.2. The van der Waals surface area contributed by atoms with Gasteiger partial charge in [0.1, 0.15) is 5.82 Å². The molecule has 1 atom stereocenters. The summed E-state index contributed by atoms with van der Waals surface area (Å²) in [6, 6.07) is 10.5. The van der Waals surface area contributed by atoms with Crippen molar-refractivity contribution >= 4 is 42.6 Å². The first-order chi connectivity index (χ1) is 16.7. The number of aromatic nitrogens is 1. The van der Waals surface area contributed by atoms with Crippen molar-refractivity contribution in [3.63, 3.8) is 0 Å². The van der Waals surface area contributed by atoms with E-state index >= 15 is 0 Å². The van der Waals surface area contributed by atoms with Gasteiger partial charge in [-0.05, 0) is 75.8 Å². The third-order valence-corrected chi connectivity index (χ3v) is 9.35. The molecule has 0 N–H and O–H groups in total. The lowest BCUT2D eigenvalue weighted by atomic mass is 10.0. The molecule has 188 valence electrons. The highest BCUT2D eigenvalue weighted by Gasteiger charge is 2.32. The summed E-state index contributed by atoms with van der Waals surface area (Å²) in [7, 11) is 0.209. The van der Waals surface area contributed by atoms with E-state index in [1.807, 2.05) is 25.9 Å². The van der Waals surface area contributed by atoms with Gasteiger partial charge in [0.05, 0.1) is 15.1 Å². The van der Waals surface area contributed by atoms with Crippen molar-refractivity contribution in [3.8, 4) is 0 Å². The van der Waals surface area contributed by atoms with Crippen molar-refractivity contribution in [1.82, 2.24) is 14.2 Å². The fourth-order valence-electron chi connectivity index (χ4n) is 4.34. The second-order valence-corrected chi connectivity index (χ2v) is 12.0. The molecule has 1 amide bonds. The number of thiazole rings is 1. The van der Waals surface area contributed by atoms with Crippen LogP contribution in [-0.4, -0.2) is 68.3 Å². The molecule has 35 heavy (non-hydrogen) atoms. The van der Waals surface area contributed by atoms with E-state index in [-0.39, 0.29) is 22.7 Å². The van der Waals surface area contributed by atoms with Crippen molar-refractivity contribution in [2.24, 2.45) is 0 Å². The number of sulfonamides is 1. The Balaban J connectivity index is 1.61. The molecule has 1 unspecified atom stereocenters. The van der Waals surface area contributed by atoms with Crippen LogP contribution in [-0.2, 0) is 10.0 Å². The number of hydrogen-bond donors (Lipinski definition) is 0. The molecule has 0 saturated carbocycles. The van der Waals surface area contributed by atoms with Gasteiger partial charge in [0.25, 0.3) is 5.91 Å². The van der Waals surface area contributed by atoms with Crippen LogP contribution in [0.5, 0.6) is 0 Å². The van der Waals surface area contributed by atoms with Gasteiger partial charge in [0, 0.05) is 31.2 Å². The molecule has 2 aromatic carbocycles. The van der Waals surface area contributed by atoms with Crippen molar-refractivity contribution in [3.05, 3.63) is 53.8 Å². The molecule has 1 aliphatic heterocycles. The highest BCUT2D eigenvalue weighted by atomic mass is 32.2. The Bertz CT molecular complexity index is 1290. The summed E-state index contributed by atoms with van der Waals surface area (Å²) in [5.74, 6) is -0.630. The Labute approximate surface area is 210 Å². The average Bonchev–Trinajstić information content (AvgIpc) is 3.26. The molecule has 7 nitrogen and oxygen atoms in total. The number of carbonyl (C=O) groups is 1. The number of likely N-dealkylation sites (N-methyl/N-ethyl adjacent to an activating group) is 1. The van der Waals surface area contributed by atoms with Crippen LogP contribution in [0.2, 0.25) is 0 Å². The summed E-state index contributed by atoms with van der Waals surface area (Å²) in [4.78, 5) is 21.8. The van der Waals surface area contributed by atoms with Crippen LogP contribution < -0.4 is 4.90 Å². The molecule has 4 rings (SSSR count). The first-order valence-corrected chi connectivity index (χ1v) is 14.1. The fraction of sp³-hybridized carbons (Fsp3) is 0.440. The monoisotopic (exact) mass is 518 g/mol. The molecule has 1 fully saturated rings.